The Kier molecular flexibility index (Phi) is 4.01. The average molecular weight is 168 g/mol. The van der Waals surface area contributed by atoms with Crippen molar-refractivity contribution in [2.45, 2.75) is 25.7 Å². The number of hydrogen-bond acceptors (Lipinski definition) is 2. The molecule has 0 aromatic carbocycles. The SMILES string of the molecule is C=CCCCC(=O)C1CCOC1. The van der Waals surface area contributed by atoms with Crippen LogP contribution in [-0.2, 0) is 9.53 Å². The largest absolute Gasteiger partial charge is 0.381 e. The number of rotatable bonds is 5. The summed E-state index contributed by atoms with van der Waals surface area (Å²) in [5, 5.41) is 0. The van der Waals surface area contributed by atoms with E-state index in [1.807, 2.05) is 6.08 Å². The third kappa shape index (κ3) is 2.78. The van der Waals surface area contributed by atoms with Crippen molar-refractivity contribution in [1.29, 1.82) is 0 Å². The van der Waals surface area contributed by atoms with Gasteiger partial charge >= 0.3 is 0 Å². The highest BCUT2D eigenvalue weighted by molar-refractivity contribution is 5.81. The lowest BCUT2D eigenvalue weighted by Crippen LogP contribution is -2.13. The number of allylic oxidation sites excluding steroid dienone is 1. The van der Waals surface area contributed by atoms with Crippen LogP contribution in [0.2, 0.25) is 0 Å². The van der Waals surface area contributed by atoms with Gasteiger partial charge in [-0.15, -0.1) is 6.58 Å². The van der Waals surface area contributed by atoms with E-state index in [1.54, 1.807) is 0 Å². The number of unbranched alkanes of at least 4 members (excludes halogenated alkanes) is 1. The lowest BCUT2D eigenvalue weighted by atomic mass is 9.99. The lowest BCUT2D eigenvalue weighted by molar-refractivity contribution is -0.122. The molecular weight excluding hydrogens is 152 g/mol. The van der Waals surface area contributed by atoms with Crippen molar-refractivity contribution in [3.05, 3.63) is 12.7 Å². The molecule has 12 heavy (non-hydrogen) atoms. The van der Waals surface area contributed by atoms with E-state index in [0.29, 0.717) is 18.8 Å². The predicted molar refractivity (Wildman–Crippen MR) is 48.0 cm³/mol. The molecule has 1 aliphatic rings. The van der Waals surface area contributed by atoms with Gasteiger partial charge in [-0.05, 0) is 19.3 Å². The summed E-state index contributed by atoms with van der Waals surface area (Å²) in [6, 6.07) is 0. The first kappa shape index (κ1) is 9.46. The second-order valence-corrected chi connectivity index (χ2v) is 3.21. The summed E-state index contributed by atoms with van der Waals surface area (Å²) in [7, 11) is 0. The Labute approximate surface area is 73.6 Å². The summed E-state index contributed by atoms with van der Waals surface area (Å²) in [6.45, 7) is 5.03. The van der Waals surface area contributed by atoms with Crippen LogP contribution in [0.5, 0.6) is 0 Å². The minimum absolute atomic E-state index is 0.190. The van der Waals surface area contributed by atoms with E-state index < -0.39 is 0 Å². The Morgan fingerprint density at radius 3 is 3.08 bits per heavy atom. The van der Waals surface area contributed by atoms with Crippen molar-refractivity contribution in [3.63, 3.8) is 0 Å². The van der Waals surface area contributed by atoms with Crippen molar-refractivity contribution in [3.8, 4) is 0 Å². The van der Waals surface area contributed by atoms with E-state index in [2.05, 4.69) is 6.58 Å². The quantitative estimate of drug-likeness (QED) is 0.463. The second-order valence-electron chi connectivity index (χ2n) is 3.21. The van der Waals surface area contributed by atoms with Gasteiger partial charge in [0, 0.05) is 18.9 Å². The molecule has 0 aromatic rings. The first-order valence-corrected chi connectivity index (χ1v) is 4.56. The highest BCUT2D eigenvalue weighted by Crippen LogP contribution is 2.16. The molecule has 1 aliphatic heterocycles. The second kappa shape index (κ2) is 5.09. The average Bonchev–Trinajstić information content (AvgIpc) is 2.56. The summed E-state index contributed by atoms with van der Waals surface area (Å²) < 4.78 is 5.14. The van der Waals surface area contributed by atoms with Crippen molar-refractivity contribution >= 4 is 5.78 Å². The number of ether oxygens (including phenoxy) is 1. The number of Topliss-reactive ketones (excluding diaryl/α,β-unsaturated/α-hetero) is 1. The zero-order valence-corrected chi connectivity index (χ0v) is 7.42. The molecule has 1 unspecified atom stereocenters. The summed E-state index contributed by atoms with van der Waals surface area (Å²) in [6.07, 6.45) is 5.36. The molecule has 0 N–H and O–H groups in total. The van der Waals surface area contributed by atoms with Crippen LogP contribution in [0.15, 0.2) is 12.7 Å². The molecule has 1 saturated heterocycles. The predicted octanol–water partition coefficient (Wildman–Crippen LogP) is 1.95. The van der Waals surface area contributed by atoms with Gasteiger partial charge in [-0.2, -0.15) is 0 Å². The van der Waals surface area contributed by atoms with E-state index in [1.165, 1.54) is 0 Å². The maximum Gasteiger partial charge on any atom is 0.138 e. The summed E-state index contributed by atoms with van der Waals surface area (Å²) >= 11 is 0. The zero-order chi connectivity index (χ0) is 8.81. The van der Waals surface area contributed by atoms with Crippen LogP contribution in [0.4, 0.5) is 0 Å². The highest BCUT2D eigenvalue weighted by Gasteiger charge is 2.22. The molecule has 68 valence electrons. The van der Waals surface area contributed by atoms with E-state index in [4.69, 9.17) is 4.74 Å². The van der Waals surface area contributed by atoms with Crippen molar-refractivity contribution in [2.24, 2.45) is 5.92 Å². The molecule has 1 rings (SSSR count). The molecule has 1 fully saturated rings. The minimum atomic E-state index is 0.190. The van der Waals surface area contributed by atoms with E-state index in [0.717, 1.165) is 25.9 Å². The monoisotopic (exact) mass is 168 g/mol. The molecule has 2 nitrogen and oxygen atoms in total. The van der Waals surface area contributed by atoms with Crippen LogP contribution in [-0.4, -0.2) is 19.0 Å². The van der Waals surface area contributed by atoms with E-state index >= 15 is 0 Å². The molecule has 0 bridgehead atoms. The molecule has 0 radical (unpaired) electrons. The fourth-order valence-corrected chi connectivity index (χ4v) is 1.41. The van der Waals surface area contributed by atoms with Gasteiger partial charge in [-0.1, -0.05) is 6.08 Å². The third-order valence-corrected chi connectivity index (χ3v) is 2.22. The Morgan fingerprint density at radius 2 is 2.50 bits per heavy atom. The first-order chi connectivity index (χ1) is 5.84. The standard InChI is InChI=1S/C10H16O2/c1-2-3-4-5-10(11)9-6-7-12-8-9/h2,9H,1,3-8H2. The van der Waals surface area contributed by atoms with Gasteiger partial charge in [0.2, 0.25) is 0 Å². The van der Waals surface area contributed by atoms with E-state index in [-0.39, 0.29) is 5.92 Å². The normalized spacial score (nSPS) is 22.5. The number of hydrogen-bond donors (Lipinski definition) is 0. The Morgan fingerprint density at radius 1 is 1.67 bits per heavy atom. The number of carbonyl (C=O) groups excluding carboxylic acids is 1. The zero-order valence-electron chi connectivity index (χ0n) is 7.42. The van der Waals surface area contributed by atoms with Crippen molar-refractivity contribution in [2.75, 3.05) is 13.2 Å². The van der Waals surface area contributed by atoms with Gasteiger partial charge < -0.3 is 4.74 Å². The molecule has 2 heteroatoms. The van der Waals surface area contributed by atoms with Crippen molar-refractivity contribution in [1.82, 2.24) is 0 Å². The molecule has 0 aromatic heterocycles. The summed E-state index contributed by atoms with van der Waals surface area (Å²) in [5.74, 6) is 0.559. The fraction of sp³-hybridized carbons (Fsp3) is 0.700. The fourth-order valence-electron chi connectivity index (χ4n) is 1.41. The molecule has 0 spiro atoms. The van der Waals surface area contributed by atoms with Gasteiger partial charge in [0.1, 0.15) is 5.78 Å². The van der Waals surface area contributed by atoms with Gasteiger partial charge in [0.05, 0.1) is 6.61 Å². The summed E-state index contributed by atoms with van der Waals surface area (Å²) in [4.78, 5) is 11.4. The van der Waals surface area contributed by atoms with Crippen LogP contribution in [0, 0.1) is 5.92 Å². The number of ketones is 1. The Hall–Kier alpha value is -0.630. The van der Waals surface area contributed by atoms with Crippen LogP contribution < -0.4 is 0 Å². The van der Waals surface area contributed by atoms with Crippen LogP contribution in [0.3, 0.4) is 0 Å². The van der Waals surface area contributed by atoms with Crippen molar-refractivity contribution < 1.29 is 9.53 Å². The maximum atomic E-state index is 11.4. The summed E-state index contributed by atoms with van der Waals surface area (Å²) in [5.41, 5.74) is 0. The molecule has 0 aliphatic carbocycles. The lowest BCUT2D eigenvalue weighted by Gasteiger charge is -2.04. The first-order valence-electron chi connectivity index (χ1n) is 4.56. The Bertz CT molecular complexity index is 157. The molecule has 0 amide bonds. The minimum Gasteiger partial charge on any atom is -0.381 e. The van der Waals surface area contributed by atoms with Crippen LogP contribution in [0.25, 0.3) is 0 Å². The third-order valence-electron chi connectivity index (χ3n) is 2.22. The maximum absolute atomic E-state index is 11.4. The van der Waals surface area contributed by atoms with Gasteiger partial charge in [0.25, 0.3) is 0 Å². The van der Waals surface area contributed by atoms with Crippen LogP contribution >= 0.6 is 0 Å². The highest BCUT2D eigenvalue weighted by atomic mass is 16.5. The van der Waals surface area contributed by atoms with Gasteiger partial charge in [0.15, 0.2) is 0 Å². The topological polar surface area (TPSA) is 26.3 Å². The molecule has 1 heterocycles. The van der Waals surface area contributed by atoms with Crippen LogP contribution in [0.1, 0.15) is 25.7 Å². The van der Waals surface area contributed by atoms with E-state index in [9.17, 15) is 4.79 Å². The smallest absolute Gasteiger partial charge is 0.138 e. The van der Waals surface area contributed by atoms with Gasteiger partial charge in [-0.3, -0.25) is 4.79 Å². The number of carbonyl (C=O) groups is 1. The molecular formula is C10H16O2. The Balaban J connectivity index is 2.14. The van der Waals surface area contributed by atoms with Gasteiger partial charge in [-0.25, -0.2) is 0 Å². The molecule has 1 atom stereocenters. The molecule has 0 saturated carbocycles.